The summed E-state index contributed by atoms with van der Waals surface area (Å²) in [7, 11) is 0. The smallest absolute Gasteiger partial charge is 0.324 e. The summed E-state index contributed by atoms with van der Waals surface area (Å²) >= 11 is 0. The van der Waals surface area contributed by atoms with Crippen LogP contribution in [0.1, 0.15) is 31.9 Å². The van der Waals surface area contributed by atoms with Crippen LogP contribution in [0.3, 0.4) is 0 Å². The number of ether oxygens (including phenoxy) is 3. The lowest BCUT2D eigenvalue weighted by Gasteiger charge is -2.35. The Morgan fingerprint density at radius 1 is 1.19 bits per heavy atom. The van der Waals surface area contributed by atoms with E-state index in [1.807, 2.05) is 12.1 Å². The fourth-order valence-electron chi connectivity index (χ4n) is 4.66. The van der Waals surface area contributed by atoms with E-state index in [1.54, 1.807) is 18.6 Å². The van der Waals surface area contributed by atoms with E-state index in [2.05, 4.69) is 16.9 Å². The number of hydrogen-bond donors (Lipinski definition) is 0. The number of esters is 2. The van der Waals surface area contributed by atoms with Gasteiger partial charge in [0.1, 0.15) is 6.61 Å². The Morgan fingerprint density at radius 2 is 2.00 bits per heavy atom. The molecule has 2 saturated heterocycles. The number of rotatable bonds is 3. The van der Waals surface area contributed by atoms with E-state index in [9.17, 15) is 9.59 Å². The Labute approximate surface area is 156 Å². The fraction of sp³-hybridized carbons (Fsp3) is 0.500. The zero-order valence-electron chi connectivity index (χ0n) is 15.0. The predicted molar refractivity (Wildman–Crippen MR) is 93.5 cm³/mol. The molecule has 1 aliphatic carbocycles. The monoisotopic (exact) mass is 368 g/mol. The summed E-state index contributed by atoms with van der Waals surface area (Å²) in [5.74, 6) is -3.31. The fourth-order valence-corrected chi connectivity index (χ4v) is 4.66. The molecule has 2 aromatic heterocycles. The van der Waals surface area contributed by atoms with Gasteiger partial charge in [-0.2, -0.15) is 0 Å². The molecule has 7 nitrogen and oxygen atoms in total. The number of carbonyl (C=O) groups excluding carboxylic acids is 2. The highest BCUT2D eigenvalue weighted by Crippen LogP contribution is 2.61. The van der Waals surface area contributed by atoms with Crippen LogP contribution < -0.4 is 0 Å². The number of pyridine rings is 2. The van der Waals surface area contributed by atoms with Crippen LogP contribution >= 0.6 is 0 Å². The molecule has 3 fully saturated rings. The molecule has 2 unspecified atom stereocenters. The maximum absolute atomic E-state index is 12.7. The van der Waals surface area contributed by atoms with Gasteiger partial charge in [0, 0.05) is 34.8 Å². The van der Waals surface area contributed by atoms with E-state index >= 15 is 0 Å². The molecule has 0 aromatic carbocycles. The minimum absolute atomic E-state index is 0.110. The van der Waals surface area contributed by atoms with Crippen LogP contribution in [0.15, 0.2) is 30.7 Å². The van der Waals surface area contributed by atoms with Crippen LogP contribution in [0, 0.1) is 11.8 Å². The molecule has 0 radical (unpaired) electrons. The van der Waals surface area contributed by atoms with Crippen molar-refractivity contribution in [3.63, 3.8) is 0 Å². The quantitative estimate of drug-likeness (QED) is 0.606. The first-order chi connectivity index (χ1) is 13.1. The van der Waals surface area contributed by atoms with Crippen LogP contribution in [0.5, 0.6) is 0 Å². The zero-order chi connectivity index (χ0) is 18.6. The summed E-state index contributed by atoms with van der Waals surface area (Å²) in [5, 5.41) is 2.01. The second-order valence-electron chi connectivity index (χ2n) is 7.61. The average molecular weight is 368 g/mol. The van der Waals surface area contributed by atoms with E-state index < -0.39 is 23.6 Å². The first-order valence-electron chi connectivity index (χ1n) is 9.31. The molecule has 0 N–H and O–H groups in total. The van der Waals surface area contributed by atoms with Crippen molar-refractivity contribution in [1.82, 2.24) is 9.97 Å². The first-order valence-corrected chi connectivity index (χ1v) is 9.31. The van der Waals surface area contributed by atoms with Crippen molar-refractivity contribution in [2.45, 2.75) is 37.4 Å². The lowest BCUT2D eigenvalue weighted by Crippen LogP contribution is -2.51. The third kappa shape index (κ3) is 2.37. The summed E-state index contributed by atoms with van der Waals surface area (Å²) < 4.78 is 16.3. The van der Waals surface area contributed by atoms with Crippen molar-refractivity contribution >= 4 is 22.7 Å². The molecule has 2 atom stereocenters. The van der Waals surface area contributed by atoms with Gasteiger partial charge in [-0.25, -0.2) is 0 Å². The Kier molecular flexibility index (Phi) is 3.53. The maximum Gasteiger partial charge on any atom is 0.324 e. The van der Waals surface area contributed by atoms with Crippen molar-refractivity contribution in [1.29, 1.82) is 0 Å². The molecule has 27 heavy (non-hydrogen) atoms. The highest BCUT2D eigenvalue weighted by atomic mass is 16.8. The summed E-state index contributed by atoms with van der Waals surface area (Å²) in [4.78, 5) is 34.3. The highest BCUT2D eigenvalue weighted by Gasteiger charge is 2.66. The van der Waals surface area contributed by atoms with Crippen LogP contribution in [0.4, 0.5) is 0 Å². The van der Waals surface area contributed by atoms with Gasteiger partial charge in [-0.3, -0.25) is 19.6 Å². The van der Waals surface area contributed by atoms with E-state index in [-0.39, 0.29) is 17.9 Å². The summed E-state index contributed by atoms with van der Waals surface area (Å²) in [6, 6.07) is 3.85. The number of carbonyl (C=O) groups is 2. The predicted octanol–water partition coefficient (Wildman–Crippen LogP) is 2.13. The SMILES string of the molecule is CCC1(c2nccc3cnccc23)CC1C1C(=O)OC2(CCOC2)OC1=O. The normalized spacial score (nSPS) is 35.3. The van der Waals surface area contributed by atoms with Crippen LogP contribution in [-0.2, 0) is 29.2 Å². The first kappa shape index (κ1) is 16.6. The van der Waals surface area contributed by atoms with Gasteiger partial charge < -0.3 is 14.2 Å². The second-order valence-corrected chi connectivity index (χ2v) is 7.61. The Hall–Kier alpha value is -2.54. The van der Waals surface area contributed by atoms with Gasteiger partial charge >= 0.3 is 11.9 Å². The third-order valence-electron chi connectivity index (χ3n) is 6.23. The second kappa shape index (κ2) is 5.73. The van der Waals surface area contributed by atoms with Crippen molar-refractivity contribution in [3.8, 4) is 0 Å². The van der Waals surface area contributed by atoms with Crippen molar-refractivity contribution in [2.75, 3.05) is 13.2 Å². The maximum atomic E-state index is 12.7. The number of aromatic nitrogens is 2. The Morgan fingerprint density at radius 3 is 2.70 bits per heavy atom. The average Bonchev–Trinajstić information content (AvgIpc) is 3.23. The largest absolute Gasteiger partial charge is 0.419 e. The topological polar surface area (TPSA) is 87.6 Å². The molecule has 4 heterocycles. The standard InChI is InChI=1S/C20H20N2O5/c1-2-19(16-13-4-6-21-10-12(13)3-7-22-16)9-14(19)15-17(23)26-20(27-18(15)24)5-8-25-11-20/h3-4,6-7,10,14-15H,2,5,8-9,11H2,1H3. The molecule has 2 aromatic rings. The van der Waals surface area contributed by atoms with Crippen molar-refractivity contribution < 1.29 is 23.8 Å². The molecular formula is C20H20N2O5. The molecule has 7 heteroatoms. The molecule has 0 bridgehead atoms. The van der Waals surface area contributed by atoms with Gasteiger partial charge in [-0.1, -0.05) is 6.92 Å². The molecular weight excluding hydrogens is 348 g/mol. The molecule has 5 rings (SSSR count). The van der Waals surface area contributed by atoms with Gasteiger partial charge in [0.25, 0.3) is 5.79 Å². The van der Waals surface area contributed by atoms with E-state index in [4.69, 9.17) is 14.2 Å². The van der Waals surface area contributed by atoms with Gasteiger partial charge in [0.2, 0.25) is 0 Å². The molecule has 2 aliphatic heterocycles. The summed E-state index contributed by atoms with van der Waals surface area (Å²) in [6.07, 6.45) is 7.16. The van der Waals surface area contributed by atoms with Gasteiger partial charge in [-0.05, 0) is 30.9 Å². The Bertz CT molecular complexity index is 914. The summed E-state index contributed by atoms with van der Waals surface area (Å²) in [5.41, 5.74) is 0.584. The third-order valence-corrected chi connectivity index (χ3v) is 6.23. The summed E-state index contributed by atoms with van der Waals surface area (Å²) in [6.45, 7) is 2.59. The molecule has 140 valence electrons. The minimum atomic E-state index is -1.22. The van der Waals surface area contributed by atoms with Crippen molar-refractivity contribution in [2.24, 2.45) is 11.8 Å². The van der Waals surface area contributed by atoms with Crippen LogP contribution in [-0.4, -0.2) is 40.9 Å². The number of nitrogens with zero attached hydrogens (tertiary/aromatic N) is 2. The van der Waals surface area contributed by atoms with E-state index in [0.717, 1.165) is 22.9 Å². The number of hydrogen-bond acceptors (Lipinski definition) is 7. The Balaban J connectivity index is 1.49. The van der Waals surface area contributed by atoms with Gasteiger partial charge in [0.05, 0.1) is 18.7 Å². The molecule has 0 amide bonds. The lowest BCUT2D eigenvalue weighted by molar-refractivity contribution is -0.251. The number of fused-ring (bicyclic) bond motifs is 1. The molecule has 1 saturated carbocycles. The zero-order valence-corrected chi connectivity index (χ0v) is 15.0. The molecule has 1 spiro atoms. The van der Waals surface area contributed by atoms with Crippen molar-refractivity contribution in [3.05, 3.63) is 36.4 Å². The minimum Gasteiger partial charge on any atom is -0.419 e. The van der Waals surface area contributed by atoms with Crippen LogP contribution in [0.25, 0.3) is 10.8 Å². The van der Waals surface area contributed by atoms with Crippen LogP contribution in [0.2, 0.25) is 0 Å². The highest BCUT2D eigenvalue weighted by molar-refractivity contribution is 5.98. The van der Waals surface area contributed by atoms with Gasteiger partial charge in [0.15, 0.2) is 5.92 Å². The lowest BCUT2D eigenvalue weighted by atomic mass is 9.87. The van der Waals surface area contributed by atoms with E-state index in [0.29, 0.717) is 19.4 Å². The van der Waals surface area contributed by atoms with Gasteiger partial charge in [-0.15, -0.1) is 0 Å². The molecule has 3 aliphatic rings. The van der Waals surface area contributed by atoms with E-state index in [1.165, 1.54) is 0 Å².